The van der Waals surface area contributed by atoms with Crippen LogP contribution in [0.5, 0.6) is 0 Å². The third-order valence-electron chi connectivity index (χ3n) is 11.6. The van der Waals surface area contributed by atoms with Crippen LogP contribution in [0.15, 0.2) is 0 Å². The lowest BCUT2D eigenvalue weighted by atomic mass is 9.41. The Morgan fingerprint density at radius 2 is 1.71 bits per heavy atom. The van der Waals surface area contributed by atoms with Crippen LogP contribution in [-0.2, 0) is 14.2 Å². The molecule has 6 aliphatic carbocycles. The minimum atomic E-state index is -1.38. The van der Waals surface area contributed by atoms with Gasteiger partial charge in [0.1, 0.15) is 0 Å². The maximum absolute atomic E-state index is 12.7. The Hall–Kier alpha value is -0.280. The van der Waals surface area contributed by atoms with Crippen LogP contribution >= 0.6 is 0 Å². The van der Waals surface area contributed by atoms with Crippen molar-refractivity contribution in [2.45, 2.75) is 81.1 Å². The lowest BCUT2D eigenvalue weighted by Crippen LogP contribution is -2.75. The van der Waals surface area contributed by atoms with Crippen LogP contribution in [0.1, 0.15) is 45.4 Å². The van der Waals surface area contributed by atoms with Crippen molar-refractivity contribution in [1.82, 2.24) is 0 Å². The normalized spacial score (nSPS) is 65.4. The first-order chi connectivity index (χ1) is 14.7. The fourth-order valence-electron chi connectivity index (χ4n) is 11.6. The molecule has 0 aromatic rings. The third kappa shape index (κ3) is 1.80. The fraction of sp³-hybridized carbons (Fsp3) is 1.00. The van der Waals surface area contributed by atoms with E-state index in [0.29, 0.717) is 25.9 Å². The number of aliphatic hydroxyl groups excluding tert-OH is 2. The van der Waals surface area contributed by atoms with Crippen LogP contribution in [-0.4, -0.2) is 84.0 Å². The van der Waals surface area contributed by atoms with E-state index in [1.807, 2.05) is 0 Å². The lowest BCUT2D eigenvalue weighted by molar-refractivity contribution is -0.314. The molecule has 0 aromatic heterocycles. The van der Waals surface area contributed by atoms with E-state index in [0.717, 1.165) is 19.3 Å². The van der Waals surface area contributed by atoms with Gasteiger partial charge in [-0.1, -0.05) is 6.92 Å². The minimum absolute atomic E-state index is 0.120. The highest BCUT2D eigenvalue weighted by Gasteiger charge is 2.95. The van der Waals surface area contributed by atoms with E-state index in [1.165, 1.54) is 0 Å². The van der Waals surface area contributed by atoms with Gasteiger partial charge in [-0.3, -0.25) is 0 Å². The van der Waals surface area contributed by atoms with Gasteiger partial charge in [0.2, 0.25) is 0 Å². The van der Waals surface area contributed by atoms with E-state index in [1.54, 1.807) is 21.3 Å². The maximum Gasteiger partial charge on any atom is 0.0822 e. The fourth-order valence-corrected chi connectivity index (χ4v) is 11.6. The summed E-state index contributed by atoms with van der Waals surface area (Å²) in [6.07, 6.45) is 1.54. The van der Waals surface area contributed by atoms with E-state index in [-0.39, 0.29) is 35.4 Å². The number of methoxy groups -OCH3 is 3. The molecule has 7 bridgehead atoms. The molecular weight excluding hydrogens is 400 g/mol. The molecule has 0 aliphatic heterocycles. The molecule has 0 amide bonds. The molecule has 0 aromatic carbocycles. The Morgan fingerprint density at radius 1 is 0.968 bits per heavy atom. The Labute approximate surface area is 184 Å². The summed E-state index contributed by atoms with van der Waals surface area (Å²) in [5.74, 6) is -1.33. The van der Waals surface area contributed by atoms with E-state index in [2.05, 4.69) is 6.92 Å². The lowest BCUT2D eigenvalue weighted by Gasteiger charge is -2.66. The quantitative estimate of drug-likeness (QED) is 0.501. The highest BCUT2D eigenvalue weighted by atomic mass is 16.5. The summed E-state index contributed by atoms with van der Waals surface area (Å²) in [6.45, 7) is 2.70. The number of rotatable bonds is 5. The van der Waals surface area contributed by atoms with Crippen LogP contribution in [0, 0.1) is 39.9 Å². The Morgan fingerprint density at radius 3 is 2.32 bits per heavy atom. The molecule has 31 heavy (non-hydrogen) atoms. The summed E-state index contributed by atoms with van der Waals surface area (Å²) in [6, 6.07) is 0. The van der Waals surface area contributed by atoms with E-state index in [4.69, 9.17) is 14.2 Å². The van der Waals surface area contributed by atoms with E-state index in [9.17, 15) is 20.4 Å². The van der Waals surface area contributed by atoms with Gasteiger partial charge >= 0.3 is 0 Å². The number of hydrogen-bond acceptors (Lipinski definition) is 7. The first kappa shape index (κ1) is 21.3. The maximum atomic E-state index is 12.7. The van der Waals surface area contributed by atoms with Crippen molar-refractivity contribution >= 4 is 0 Å². The second-order valence-electron chi connectivity index (χ2n) is 11.8. The van der Waals surface area contributed by atoms with Gasteiger partial charge in [0, 0.05) is 62.3 Å². The van der Waals surface area contributed by atoms with Crippen molar-refractivity contribution in [2.75, 3.05) is 27.9 Å². The standard InChI is InChI=1S/C24H38O7/c1-5-21-10-20(11-29-2)7-6-14(25)24(21)18(20)16(31-4)19(21)22(27)9-13(30-3)12-8-23(24,28)17(22)15(12)26/h12-19,25-28H,5-11H2,1-4H3/t12-,13?,14?,15?,16?,17+,18+,19?,20+,21?,22-,23+,24-/m1/s1. The van der Waals surface area contributed by atoms with Gasteiger partial charge in [-0.15, -0.1) is 0 Å². The Balaban J connectivity index is 1.68. The number of ether oxygens (including phenoxy) is 3. The van der Waals surface area contributed by atoms with Gasteiger partial charge in [0.25, 0.3) is 0 Å². The second kappa shape index (κ2) is 6.04. The van der Waals surface area contributed by atoms with Crippen LogP contribution in [0.4, 0.5) is 0 Å². The highest BCUT2D eigenvalue weighted by molar-refractivity contribution is 5.43. The molecule has 6 unspecified atom stereocenters. The van der Waals surface area contributed by atoms with Gasteiger partial charge < -0.3 is 34.6 Å². The Bertz CT molecular complexity index is 792. The summed E-state index contributed by atoms with van der Waals surface area (Å²) >= 11 is 0. The molecule has 6 rings (SSSR count). The molecule has 7 nitrogen and oxygen atoms in total. The van der Waals surface area contributed by atoms with Crippen molar-refractivity contribution in [1.29, 1.82) is 0 Å². The molecule has 176 valence electrons. The average Bonchev–Trinajstić information content (AvgIpc) is 3.21. The van der Waals surface area contributed by atoms with Crippen LogP contribution in [0.25, 0.3) is 0 Å². The largest absolute Gasteiger partial charge is 0.392 e. The van der Waals surface area contributed by atoms with Crippen molar-refractivity contribution in [3.05, 3.63) is 0 Å². The zero-order valence-electron chi connectivity index (χ0n) is 19.1. The molecule has 4 N–H and O–H groups in total. The predicted molar refractivity (Wildman–Crippen MR) is 110 cm³/mol. The monoisotopic (exact) mass is 438 g/mol. The smallest absolute Gasteiger partial charge is 0.0822 e. The molecule has 6 saturated carbocycles. The summed E-state index contributed by atoms with van der Waals surface area (Å²) in [4.78, 5) is 0. The van der Waals surface area contributed by atoms with E-state index < -0.39 is 40.2 Å². The first-order valence-corrected chi connectivity index (χ1v) is 12.0. The molecule has 6 fully saturated rings. The van der Waals surface area contributed by atoms with Gasteiger partial charge in [0.05, 0.1) is 42.2 Å². The molecule has 13 atom stereocenters. The summed E-state index contributed by atoms with van der Waals surface area (Å²) in [5.41, 5.74) is -4.19. The van der Waals surface area contributed by atoms with Crippen molar-refractivity contribution in [2.24, 2.45) is 39.9 Å². The molecule has 0 radical (unpaired) electrons. The molecule has 1 spiro atoms. The van der Waals surface area contributed by atoms with Crippen molar-refractivity contribution in [3.8, 4) is 0 Å². The van der Waals surface area contributed by atoms with Gasteiger partial charge in [0.15, 0.2) is 0 Å². The summed E-state index contributed by atoms with van der Waals surface area (Å²) in [5, 5.41) is 48.4. The van der Waals surface area contributed by atoms with Gasteiger partial charge in [-0.25, -0.2) is 0 Å². The topological polar surface area (TPSA) is 109 Å². The summed E-state index contributed by atoms with van der Waals surface area (Å²) < 4.78 is 17.7. The SMILES string of the molecule is CCC12C[C@]3(COC)CCC(O)[C@@]14[C@H]3C(OC)C2[C@@]1(O)CC(OC)[C@H]2C[C@]4(O)[C@H]1C2O. The molecule has 6 aliphatic rings. The zero-order chi connectivity index (χ0) is 22.2. The van der Waals surface area contributed by atoms with Gasteiger partial charge in [-0.05, 0) is 37.5 Å². The predicted octanol–water partition coefficient (Wildman–Crippen LogP) is 0.713. The summed E-state index contributed by atoms with van der Waals surface area (Å²) in [7, 11) is 5.04. The van der Waals surface area contributed by atoms with Crippen molar-refractivity contribution in [3.63, 3.8) is 0 Å². The average molecular weight is 439 g/mol. The Kier molecular flexibility index (Phi) is 4.14. The van der Waals surface area contributed by atoms with Crippen LogP contribution in [0.3, 0.4) is 0 Å². The third-order valence-corrected chi connectivity index (χ3v) is 11.6. The first-order valence-electron chi connectivity index (χ1n) is 12.0. The molecule has 7 heteroatoms. The van der Waals surface area contributed by atoms with E-state index >= 15 is 0 Å². The number of aliphatic hydroxyl groups is 4. The second-order valence-corrected chi connectivity index (χ2v) is 11.8. The number of fused-ring (bicyclic) bond motifs is 2. The molecule has 0 heterocycles. The van der Waals surface area contributed by atoms with Gasteiger partial charge in [-0.2, -0.15) is 0 Å². The molecule has 0 saturated heterocycles. The van der Waals surface area contributed by atoms with Crippen molar-refractivity contribution < 1.29 is 34.6 Å². The number of hydrogen-bond donors (Lipinski definition) is 4. The minimum Gasteiger partial charge on any atom is -0.392 e. The van der Waals surface area contributed by atoms with Crippen LogP contribution in [0.2, 0.25) is 0 Å². The highest BCUT2D eigenvalue weighted by Crippen LogP contribution is 2.90. The van der Waals surface area contributed by atoms with Crippen LogP contribution < -0.4 is 0 Å². The zero-order valence-corrected chi connectivity index (χ0v) is 19.1. The molecular formula is C24H38O7.